The van der Waals surface area contributed by atoms with Crippen LogP contribution in [0.25, 0.3) is 0 Å². The van der Waals surface area contributed by atoms with Gasteiger partial charge in [-0.25, -0.2) is 4.98 Å². The lowest BCUT2D eigenvalue weighted by atomic mass is 10.2. The second-order valence-electron chi connectivity index (χ2n) is 3.92. The van der Waals surface area contributed by atoms with Crippen molar-refractivity contribution < 1.29 is 4.74 Å². The molecule has 1 aromatic carbocycles. The number of pyridine rings is 1. The summed E-state index contributed by atoms with van der Waals surface area (Å²) in [7, 11) is 0. The van der Waals surface area contributed by atoms with Gasteiger partial charge in [-0.1, -0.05) is 0 Å². The molecule has 19 heavy (non-hydrogen) atoms. The molecule has 5 nitrogen and oxygen atoms in total. The second kappa shape index (κ2) is 5.07. The Morgan fingerprint density at radius 2 is 1.95 bits per heavy atom. The summed E-state index contributed by atoms with van der Waals surface area (Å²) in [4.78, 5) is 4.16. The fourth-order valence-electron chi connectivity index (χ4n) is 1.59. The van der Waals surface area contributed by atoms with Crippen LogP contribution in [0.5, 0.6) is 11.6 Å². The largest absolute Gasteiger partial charge is 0.438 e. The van der Waals surface area contributed by atoms with Crippen molar-refractivity contribution in [3.05, 3.63) is 47.2 Å². The van der Waals surface area contributed by atoms with Crippen LogP contribution in [-0.4, -0.2) is 4.98 Å². The number of nitrogen functional groups attached to an aromatic ring is 1. The minimum absolute atomic E-state index is 0.276. The first-order chi connectivity index (χ1) is 9.12. The molecule has 0 saturated carbocycles. The van der Waals surface area contributed by atoms with Crippen molar-refractivity contribution in [3.63, 3.8) is 0 Å². The summed E-state index contributed by atoms with van der Waals surface area (Å²) in [6.07, 6.45) is 0. The molecule has 0 spiro atoms. The summed E-state index contributed by atoms with van der Waals surface area (Å²) < 4.78 is 5.54. The van der Waals surface area contributed by atoms with E-state index in [9.17, 15) is 0 Å². The molecule has 1 heterocycles. The Hall–Kier alpha value is -3.05. The number of nitrogens with zero attached hydrogens (tertiary/aromatic N) is 3. The Morgan fingerprint density at radius 3 is 2.63 bits per heavy atom. The molecule has 2 N–H and O–H groups in total. The third kappa shape index (κ3) is 2.80. The highest BCUT2D eigenvalue weighted by Gasteiger charge is 2.07. The van der Waals surface area contributed by atoms with Gasteiger partial charge in [-0.05, 0) is 31.2 Å². The Labute approximate surface area is 110 Å². The van der Waals surface area contributed by atoms with Crippen molar-refractivity contribution >= 4 is 5.69 Å². The van der Waals surface area contributed by atoms with Gasteiger partial charge < -0.3 is 10.5 Å². The van der Waals surface area contributed by atoms with Gasteiger partial charge in [-0.2, -0.15) is 10.5 Å². The SMILES string of the molecule is Cc1cc(C#N)cc(Oc2ccc(N)cc2C#N)n1. The summed E-state index contributed by atoms with van der Waals surface area (Å²) in [5.41, 5.74) is 7.53. The van der Waals surface area contributed by atoms with Crippen LogP contribution in [0, 0.1) is 29.6 Å². The Bertz CT molecular complexity index is 710. The molecule has 0 atom stereocenters. The predicted molar refractivity (Wildman–Crippen MR) is 69.3 cm³/mol. The lowest BCUT2D eigenvalue weighted by molar-refractivity contribution is 0.460. The molecule has 0 radical (unpaired) electrons. The maximum absolute atomic E-state index is 9.02. The van der Waals surface area contributed by atoms with E-state index in [2.05, 4.69) is 4.98 Å². The summed E-state index contributed by atoms with van der Waals surface area (Å²) in [6, 6.07) is 12.0. The number of ether oxygens (including phenoxy) is 1. The molecule has 0 fully saturated rings. The van der Waals surface area contributed by atoms with Gasteiger partial charge in [0.05, 0.1) is 17.2 Å². The molecule has 5 heteroatoms. The highest BCUT2D eigenvalue weighted by molar-refractivity contribution is 5.54. The highest BCUT2D eigenvalue weighted by Crippen LogP contribution is 2.26. The van der Waals surface area contributed by atoms with Crippen molar-refractivity contribution in [2.45, 2.75) is 6.92 Å². The van der Waals surface area contributed by atoms with Crippen LogP contribution in [-0.2, 0) is 0 Å². The quantitative estimate of drug-likeness (QED) is 0.826. The molecule has 1 aromatic heterocycles. The van der Waals surface area contributed by atoms with Crippen molar-refractivity contribution in [2.24, 2.45) is 0 Å². The fraction of sp³-hybridized carbons (Fsp3) is 0.0714. The number of nitriles is 2. The predicted octanol–water partition coefficient (Wildman–Crippen LogP) is 2.51. The van der Waals surface area contributed by atoms with E-state index in [1.165, 1.54) is 12.1 Å². The minimum atomic E-state index is 0.276. The average molecular weight is 250 g/mol. The number of nitrogens with two attached hydrogens (primary N) is 1. The number of rotatable bonds is 2. The molecule has 2 aromatic rings. The molecule has 2 rings (SSSR count). The van der Waals surface area contributed by atoms with E-state index in [-0.39, 0.29) is 5.88 Å². The Balaban J connectivity index is 2.40. The number of hydrogen-bond donors (Lipinski definition) is 1. The monoisotopic (exact) mass is 250 g/mol. The second-order valence-corrected chi connectivity index (χ2v) is 3.92. The maximum Gasteiger partial charge on any atom is 0.220 e. The van der Waals surface area contributed by atoms with Gasteiger partial charge in [-0.15, -0.1) is 0 Å². The molecule has 0 bridgehead atoms. The van der Waals surface area contributed by atoms with E-state index in [1.54, 1.807) is 25.1 Å². The zero-order chi connectivity index (χ0) is 13.8. The lowest BCUT2D eigenvalue weighted by Crippen LogP contribution is -1.95. The summed E-state index contributed by atoms with van der Waals surface area (Å²) >= 11 is 0. The smallest absolute Gasteiger partial charge is 0.220 e. The van der Waals surface area contributed by atoms with Gasteiger partial charge in [0.2, 0.25) is 5.88 Å². The first-order valence-electron chi connectivity index (χ1n) is 5.48. The maximum atomic E-state index is 9.02. The highest BCUT2D eigenvalue weighted by atomic mass is 16.5. The zero-order valence-electron chi connectivity index (χ0n) is 10.2. The van der Waals surface area contributed by atoms with Gasteiger partial charge >= 0.3 is 0 Å². The van der Waals surface area contributed by atoms with Crippen molar-refractivity contribution in [2.75, 3.05) is 5.73 Å². The molecule has 0 aliphatic carbocycles. The van der Waals surface area contributed by atoms with Crippen molar-refractivity contribution in [1.82, 2.24) is 4.98 Å². The molecular formula is C14H10N4O. The molecule has 0 unspecified atom stereocenters. The van der Waals surface area contributed by atoms with Gasteiger partial charge in [0, 0.05) is 17.4 Å². The Morgan fingerprint density at radius 1 is 1.16 bits per heavy atom. The van der Waals surface area contributed by atoms with Crippen LogP contribution < -0.4 is 10.5 Å². The van der Waals surface area contributed by atoms with E-state index < -0.39 is 0 Å². The molecule has 92 valence electrons. The summed E-state index contributed by atoms with van der Waals surface area (Å²) in [5.74, 6) is 0.636. The molecule has 0 aliphatic rings. The van der Waals surface area contributed by atoms with Crippen LogP contribution in [0.1, 0.15) is 16.8 Å². The van der Waals surface area contributed by atoms with E-state index in [0.717, 1.165) is 0 Å². The number of benzene rings is 1. The number of anilines is 1. The number of aromatic nitrogens is 1. The van der Waals surface area contributed by atoms with Gasteiger partial charge in [0.15, 0.2) is 0 Å². The third-order valence-corrected chi connectivity index (χ3v) is 2.40. The summed E-state index contributed by atoms with van der Waals surface area (Å²) in [5, 5.41) is 17.9. The van der Waals surface area contributed by atoms with Gasteiger partial charge in [-0.3, -0.25) is 0 Å². The van der Waals surface area contributed by atoms with E-state index >= 15 is 0 Å². The van der Waals surface area contributed by atoms with Crippen LogP contribution >= 0.6 is 0 Å². The zero-order valence-corrected chi connectivity index (χ0v) is 10.2. The first-order valence-corrected chi connectivity index (χ1v) is 5.48. The van der Waals surface area contributed by atoms with Crippen LogP contribution in [0.15, 0.2) is 30.3 Å². The Kier molecular flexibility index (Phi) is 3.31. The third-order valence-electron chi connectivity index (χ3n) is 2.40. The van der Waals surface area contributed by atoms with Crippen LogP contribution in [0.3, 0.4) is 0 Å². The standard InChI is InChI=1S/C14H10N4O/c1-9-4-10(7-15)5-14(18-9)19-13-3-2-12(17)6-11(13)8-16/h2-6H,17H2,1H3. The molecule has 0 amide bonds. The summed E-state index contributed by atoms with van der Waals surface area (Å²) in [6.45, 7) is 1.77. The van der Waals surface area contributed by atoms with Crippen LogP contribution in [0.4, 0.5) is 5.69 Å². The minimum Gasteiger partial charge on any atom is -0.438 e. The molecule has 0 saturated heterocycles. The average Bonchev–Trinajstić information content (AvgIpc) is 2.40. The van der Waals surface area contributed by atoms with E-state index in [4.69, 9.17) is 21.0 Å². The fourth-order valence-corrected chi connectivity index (χ4v) is 1.59. The van der Waals surface area contributed by atoms with E-state index in [0.29, 0.717) is 28.3 Å². The van der Waals surface area contributed by atoms with E-state index in [1.807, 2.05) is 12.1 Å². The number of hydrogen-bond acceptors (Lipinski definition) is 5. The van der Waals surface area contributed by atoms with Crippen molar-refractivity contribution in [3.8, 4) is 23.8 Å². The van der Waals surface area contributed by atoms with Crippen LogP contribution in [0.2, 0.25) is 0 Å². The van der Waals surface area contributed by atoms with Crippen molar-refractivity contribution in [1.29, 1.82) is 10.5 Å². The number of aryl methyl sites for hydroxylation is 1. The molecular weight excluding hydrogens is 240 g/mol. The molecule has 0 aliphatic heterocycles. The first kappa shape index (κ1) is 12.4. The lowest BCUT2D eigenvalue weighted by Gasteiger charge is -2.08. The van der Waals surface area contributed by atoms with Gasteiger partial charge in [0.25, 0.3) is 0 Å². The topological polar surface area (TPSA) is 95.7 Å². The van der Waals surface area contributed by atoms with Gasteiger partial charge in [0.1, 0.15) is 11.8 Å². The normalized spacial score (nSPS) is 9.42.